The zero-order chi connectivity index (χ0) is 19.0. The molecule has 144 valence electrons. The second-order valence-electron chi connectivity index (χ2n) is 7.19. The van der Waals surface area contributed by atoms with Crippen LogP contribution in [0, 0.1) is 23.6 Å². The van der Waals surface area contributed by atoms with E-state index in [0.717, 1.165) is 25.7 Å². The van der Waals surface area contributed by atoms with E-state index in [1.165, 1.54) is 0 Å². The molecule has 2 atom stereocenters. The molecule has 3 saturated carbocycles. The van der Waals surface area contributed by atoms with Crippen LogP contribution >= 0.6 is 15.9 Å². The maximum atomic E-state index is 15.1. The van der Waals surface area contributed by atoms with Crippen LogP contribution in [0.5, 0.6) is 0 Å². The minimum absolute atomic E-state index is 0.118. The van der Waals surface area contributed by atoms with Crippen molar-refractivity contribution in [2.45, 2.75) is 38.6 Å². The van der Waals surface area contributed by atoms with Gasteiger partial charge in [-0.1, -0.05) is 0 Å². The highest BCUT2D eigenvalue weighted by atomic mass is 79.9. The van der Waals surface area contributed by atoms with Gasteiger partial charge in [0.15, 0.2) is 11.6 Å². The first-order valence-electron chi connectivity index (χ1n) is 9.38. The molecule has 2 heterocycles. The van der Waals surface area contributed by atoms with Gasteiger partial charge < -0.3 is 14.6 Å². The van der Waals surface area contributed by atoms with Crippen molar-refractivity contribution < 1.29 is 13.9 Å². The Morgan fingerprint density at radius 1 is 1.26 bits per heavy atom. The lowest BCUT2D eigenvalue weighted by molar-refractivity contribution is -0.154. The molecular formula is C19H22BrFN4O2. The van der Waals surface area contributed by atoms with Gasteiger partial charge in [0.05, 0.1) is 12.5 Å². The molecule has 5 rings (SSSR count). The van der Waals surface area contributed by atoms with E-state index in [1.54, 1.807) is 29.1 Å². The first-order valence-corrected chi connectivity index (χ1v) is 10.2. The third kappa shape index (κ3) is 3.47. The highest BCUT2D eigenvalue weighted by Crippen LogP contribution is 2.47. The standard InChI is InChI=1S/C19H22BrFN4O2/c1-2-27-18(26)13-11-5-7-12(8-6-11)15(13)22-16-14(21)17(24-19(20)23-16)25-9-3-4-10-25/h3-4,9-13,15H,2,5-8H2,1H3,(H,22,23,24)/t11?,12?,13-,15-/m0/s1. The molecule has 0 aromatic carbocycles. The predicted molar refractivity (Wildman–Crippen MR) is 102 cm³/mol. The van der Waals surface area contributed by atoms with Gasteiger partial charge in [0, 0.05) is 18.4 Å². The largest absolute Gasteiger partial charge is 0.466 e. The lowest BCUT2D eigenvalue weighted by Crippen LogP contribution is -2.52. The summed E-state index contributed by atoms with van der Waals surface area (Å²) in [4.78, 5) is 21.0. The van der Waals surface area contributed by atoms with E-state index < -0.39 is 5.82 Å². The quantitative estimate of drug-likeness (QED) is 0.567. The highest BCUT2D eigenvalue weighted by Gasteiger charge is 2.48. The van der Waals surface area contributed by atoms with E-state index in [0.29, 0.717) is 17.3 Å². The van der Waals surface area contributed by atoms with Crippen molar-refractivity contribution >= 4 is 27.7 Å². The molecule has 2 aromatic heterocycles. The Morgan fingerprint density at radius 3 is 2.59 bits per heavy atom. The third-order valence-electron chi connectivity index (χ3n) is 5.74. The van der Waals surface area contributed by atoms with Crippen molar-refractivity contribution in [2.24, 2.45) is 17.8 Å². The van der Waals surface area contributed by atoms with Crippen LogP contribution in [-0.4, -0.2) is 33.2 Å². The second-order valence-corrected chi connectivity index (χ2v) is 7.90. The van der Waals surface area contributed by atoms with Crippen molar-refractivity contribution in [1.82, 2.24) is 14.5 Å². The van der Waals surface area contributed by atoms with E-state index in [4.69, 9.17) is 4.74 Å². The van der Waals surface area contributed by atoms with Crippen LogP contribution in [-0.2, 0) is 9.53 Å². The molecule has 6 nitrogen and oxygen atoms in total. The maximum Gasteiger partial charge on any atom is 0.311 e. The van der Waals surface area contributed by atoms with Crippen molar-refractivity contribution in [2.75, 3.05) is 11.9 Å². The van der Waals surface area contributed by atoms with Crippen LogP contribution in [0.1, 0.15) is 32.6 Å². The Bertz CT molecular complexity index is 821. The highest BCUT2D eigenvalue weighted by molar-refractivity contribution is 9.10. The molecule has 3 aliphatic carbocycles. The summed E-state index contributed by atoms with van der Waals surface area (Å²) in [6, 6.07) is 3.43. The average Bonchev–Trinajstić information content (AvgIpc) is 3.20. The number of esters is 1. The molecule has 0 saturated heterocycles. The number of halogens is 2. The van der Waals surface area contributed by atoms with E-state index in [-0.39, 0.29) is 35.5 Å². The van der Waals surface area contributed by atoms with Gasteiger partial charge in [-0.3, -0.25) is 4.79 Å². The Hall–Kier alpha value is -1.96. The SMILES string of the molecule is CCOC(=O)[C@H]1C2CCC(CC2)[C@@H]1Nc1nc(Br)nc(-n2cccc2)c1F. The molecule has 27 heavy (non-hydrogen) atoms. The van der Waals surface area contributed by atoms with Gasteiger partial charge in [-0.25, -0.2) is 9.97 Å². The lowest BCUT2D eigenvalue weighted by atomic mass is 9.61. The van der Waals surface area contributed by atoms with Crippen molar-refractivity contribution in [3.63, 3.8) is 0 Å². The predicted octanol–water partition coefficient (Wildman–Crippen LogP) is 3.95. The van der Waals surface area contributed by atoms with Gasteiger partial charge in [-0.05, 0) is 72.5 Å². The second kappa shape index (κ2) is 7.58. The normalized spacial score (nSPS) is 26.8. The van der Waals surface area contributed by atoms with Crippen molar-refractivity contribution in [3.05, 3.63) is 35.1 Å². The number of fused-ring (bicyclic) bond motifs is 3. The molecule has 0 aliphatic heterocycles. The molecule has 2 bridgehead atoms. The average molecular weight is 437 g/mol. The van der Waals surface area contributed by atoms with Crippen LogP contribution in [0.25, 0.3) is 5.82 Å². The van der Waals surface area contributed by atoms with Gasteiger partial charge >= 0.3 is 5.97 Å². The summed E-state index contributed by atoms with van der Waals surface area (Å²) in [7, 11) is 0. The molecule has 0 amide bonds. The Kier molecular flexibility index (Phi) is 5.16. The van der Waals surface area contributed by atoms with Gasteiger partial charge in [-0.15, -0.1) is 0 Å². The summed E-state index contributed by atoms with van der Waals surface area (Å²) in [5.41, 5.74) is 0. The topological polar surface area (TPSA) is 69.0 Å². The smallest absolute Gasteiger partial charge is 0.311 e. The summed E-state index contributed by atoms with van der Waals surface area (Å²) in [5, 5.41) is 3.24. The Labute approximate surface area is 165 Å². The van der Waals surface area contributed by atoms with Crippen LogP contribution in [0.3, 0.4) is 0 Å². The number of nitrogens with zero attached hydrogens (tertiary/aromatic N) is 3. The fourth-order valence-corrected chi connectivity index (χ4v) is 4.89. The van der Waals surface area contributed by atoms with E-state index in [1.807, 2.05) is 6.92 Å². The summed E-state index contributed by atoms with van der Waals surface area (Å²) in [5.74, 6) is -0.107. The first kappa shape index (κ1) is 18.4. The number of rotatable bonds is 5. The van der Waals surface area contributed by atoms with Gasteiger partial charge in [0.2, 0.25) is 10.6 Å². The summed E-state index contributed by atoms with van der Waals surface area (Å²) in [6.07, 6.45) is 7.58. The number of hydrogen-bond donors (Lipinski definition) is 1. The van der Waals surface area contributed by atoms with Crippen molar-refractivity contribution in [1.29, 1.82) is 0 Å². The van der Waals surface area contributed by atoms with E-state index >= 15 is 4.39 Å². The molecule has 2 aromatic rings. The number of hydrogen-bond acceptors (Lipinski definition) is 5. The molecule has 3 aliphatic rings. The van der Waals surface area contributed by atoms with Gasteiger partial charge in [-0.2, -0.15) is 4.39 Å². The van der Waals surface area contributed by atoms with Gasteiger partial charge in [0.1, 0.15) is 0 Å². The van der Waals surface area contributed by atoms with Crippen LogP contribution in [0.2, 0.25) is 0 Å². The summed E-state index contributed by atoms with van der Waals surface area (Å²) >= 11 is 3.27. The molecule has 3 fully saturated rings. The minimum atomic E-state index is -0.529. The molecule has 1 N–H and O–H groups in total. The fourth-order valence-electron chi connectivity index (χ4n) is 4.54. The molecule has 0 spiro atoms. The summed E-state index contributed by atoms with van der Waals surface area (Å²) < 4.78 is 22.4. The maximum absolute atomic E-state index is 15.1. The van der Waals surface area contributed by atoms with Gasteiger partial charge in [0.25, 0.3) is 0 Å². The van der Waals surface area contributed by atoms with Crippen LogP contribution < -0.4 is 5.32 Å². The molecular weight excluding hydrogens is 415 g/mol. The number of aromatic nitrogens is 3. The molecule has 8 heteroatoms. The monoisotopic (exact) mass is 436 g/mol. The Balaban J connectivity index is 1.67. The minimum Gasteiger partial charge on any atom is -0.466 e. The number of anilines is 1. The summed E-state index contributed by atoms with van der Waals surface area (Å²) in [6.45, 7) is 2.16. The van der Waals surface area contributed by atoms with Crippen LogP contribution in [0.4, 0.5) is 10.2 Å². The number of carbonyl (C=O) groups is 1. The first-order chi connectivity index (χ1) is 13.1. The number of nitrogens with one attached hydrogen (secondary N) is 1. The zero-order valence-electron chi connectivity index (χ0n) is 15.1. The van der Waals surface area contributed by atoms with E-state index in [2.05, 4.69) is 31.2 Å². The van der Waals surface area contributed by atoms with E-state index in [9.17, 15) is 4.79 Å². The molecule has 0 radical (unpaired) electrons. The number of ether oxygens (including phenoxy) is 1. The van der Waals surface area contributed by atoms with Crippen LogP contribution in [0.15, 0.2) is 29.3 Å². The Morgan fingerprint density at radius 2 is 1.93 bits per heavy atom. The zero-order valence-corrected chi connectivity index (χ0v) is 16.7. The lowest BCUT2D eigenvalue weighted by Gasteiger charge is -2.47. The fraction of sp³-hybridized carbons (Fsp3) is 0.526. The third-order valence-corrected chi connectivity index (χ3v) is 6.09. The number of carbonyl (C=O) groups excluding carboxylic acids is 1. The van der Waals surface area contributed by atoms with Crippen molar-refractivity contribution in [3.8, 4) is 5.82 Å². The molecule has 0 unspecified atom stereocenters.